The molecule has 0 nitrogen and oxygen atoms in total. The van der Waals surface area contributed by atoms with Gasteiger partial charge in [-0.15, -0.1) is 0 Å². The number of allylic oxidation sites excluding steroid dienone is 1. The molecule has 0 N–H and O–H groups in total. The highest BCUT2D eigenvalue weighted by Crippen LogP contribution is 2.31. The van der Waals surface area contributed by atoms with Crippen LogP contribution in [-0.4, -0.2) is 17.8 Å². The van der Waals surface area contributed by atoms with Crippen molar-refractivity contribution < 1.29 is 0 Å². The maximum absolute atomic E-state index is 4.05. The van der Waals surface area contributed by atoms with Crippen LogP contribution in [0.5, 0.6) is 0 Å². The molecule has 0 heterocycles. The third kappa shape index (κ3) is 2.55. The van der Waals surface area contributed by atoms with Crippen LogP contribution < -0.4 is 0 Å². The molecule has 0 unspecified atom stereocenters. The Labute approximate surface area is 79.8 Å². The summed E-state index contributed by atoms with van der Waals surface area (Å²) < 4.78 is 0. The third-order valence-electron chi connectivity index (χ3n) is 3.04. The summed E-state index contributed by atoms with van der Waals surface area (Å²) in [6.45, 7) is 6.23. The van der Waals surface area contributed by atoms with Crippen LogP contribution in [0.4, 0.5) is 0 Å². The van der Waals surface area contributed by atoms with Gasteiger partial charge in [0.1, 0.15) is 5.25 Å². The molecule has 0 amide bonds. The fourth-order valence-corrected chi connectivity index (χ4v) is 3.24. The topological polar surface area (TPSA) is 0 Å². The Morgan fingerprint density at radius 3 is 2.00 bits per heavy atom. The predicted octanol–water partition coefficient (Wildman–Crippen LogP) is 3.00. The van der Waals surface area contributed by atoms with Gasteiger partial charge in [-0.2, -0.15) is 0 Å². The molecule has 1 aliphatic carbocycles. The highest BCUT2D eigenvalue weighted by molar-refractivity contribution is 7.96. The zero-order valence-electron chi connectivity index (χ0n) is 8.60. The van der Waals surface area contributed by atoms with Gasteiger partial charge in [-0.3, -0.25) is 0 Å². The van der Waals surface area contributed by atoms with Gasteiger partial charge in [-0.1, -0.05) is 12.2 Å². The van der Waals surface area contributed by atoms with E-state index in [4.69, 9.17) is 0 Å². The van der Waals surface area contributed by atoms with Crippen molar-refractivity contribution in [3.63, 3.8) is 0 Å². The van der Waals surface area contributed by atoms with Gasteiger partial charge < -0.3 is 0 Å². The minimum absolute atomic E-state index is 0.640. The Kier molecular flexibility index (Phi) is 3.70. The largest absolute Gasteiger partial charge is 0.117 e. The molecule has 1 rings (SSSR count). The molecule has 0 aromatic heterocycles. The quantitative estimate of drug-likeness (QED) is 0.458. The van der Waals surface area contributed by atoms with E-state index < -0.39 is 0 Å². The first kappa shape index (κ1) is 10.2. The van der Waals surface area contributed by atoms with Crippen molar-refractivity contribution >= 4 is 10.9 Å². The predicted molar refractivity (Wildman–Crippen MR) is 59.8 cm³/mol. The number of hydrogen-bond acceptors (Lipinski definition) is 0. The van der Waals surface area contributed by atoms with E-state index in [9.17, 15) is 0 Å². The second-order valence-electron chi connectivity index (χ2n) is 4.20. The molecule has 0 aromatic rings. The highest BCUT2D eigenvalue weighted by Gasteiger charge is 2.28. The van der Waals surface area contributed by atoms with Crippen molar-refractivity contribution in [1.82, 2.24) is 0 Å². The molecule has 0 aliphatic heterocycles. The van der Waals surface area contributed by atoms with Gasteiger partial charge in [0.15, 0.2) is 0 Å². The van der Waals surface area contributed by atoms with Crippen LogP contribution in [0, 0.1) is 5.92 Å². The van der Waals surface area contributed by atoms with E-state index in [2.05, 4.69) is 26.0 Å². The minimum Gasteiger partial charge on any atom is -0.0999 e. The van der Waals surface area contributed by atoms with Crippen LogP contribution in [0.1, 0.15) is 32.6 Å². The summed E-state index contributed by atoms with van der Waals surface area (Å²) in [5.41, 5.74) is 1.40. The first-order valence-electron chi connectivity index (χ1n) is 4.83. The van der Waals surface area contributed by atoms with Crippen molar-refractivity contribution in [2.45, 2.75) is 37.9 Å². The van der Waals surface area contributed by atoms with Crippen LogP contribution in [-0.2, 0) is 10.9 Å². The SMILES string of the molecule is C=C(C)C1CCC([S+](C)C)CC1. The van der Waals surface area contributed by atoms with Crippen LogP contribution in [0.3, 0.4) is 0 Å². The third-order valence-corrected chi connectivity index (χ3v) is 4.84. The summed E-state index contributed by atoms with van der Waals surface area (Å²) in [6.07, 6.45) is 10.4. The smallest absolute Gasteiger partial charge is 0.0999 e. The van der Waals surface area contributed by atoms with E-state index in [1.807, 2.05) is 0 Å². The lowest BCUT2D eigenvalue weighted by Crippen LogP contribution is -2.25. The Balaban J connectivity index is 2.34. The van der Waals surface area contributed by atoms with Gasteiger partial charge >= 0.3 is 0 Å². The van der Waals surface area contributed by atoms with Crippen LogP contribution >= 0.6 is 0 Å². The summed E-state index contributed by atoms with van der Waals surface area (Å²) in [4.78, 5) is 0. The van der Waals surface area contributed by atoms with E-state index in [0.717, 1.165) is 11.2 Å². The minimum atomic E-state index is 0.640. The molecule has 0 radical (unpaired) electrons. The molecular formula is C11H21S+. The average Bonchev–Trinajstić information content (AvgIpc) is 2.04. The molecule has 0 atom stereocenters. The van der Waals surface area contributed by atoms with Crippen LogP contribution in [0.2, 0.25) is 0 Å². The molecular weight excluding hydrogens is 164 g/mol. The van der Waals surface area contributed by atoms with E-state index in [-0.39, 0.29) is 0 Å². The molecule has 0 bridgehead atoms. The second kappa shape index (κ2) is 4.36. The van der Waals surface area contributed by atoms with E-state index in [1.165, 1.54) is 31.3 Å². The molecule has 1 saturated carbocycles. The van der Waals surface area contributed by atoms with E-state index >= 15 is 0 Å². The van der Waals surface area contributed by atoms with Crippen molar-refractivity contribution in [3.8, 4) is 0 Å². The van der Waals surface area contributed by atoms with Crippen molar-refractivity contribution in [2.24, 2.45) is 5.92 Å². The van der Waals surface area contributed by atoms with Gasteiger partial charge in [0, 0.05) is 0 Å². The lowest BCUT2D eigenvalue weighted by atomic mass is 9.85. The average molecular weight is 185 g/mol. The monoisotopic (exact) mass is 185 g/mol. The molecule has 12 heavy (non-hydrogen) atoms. The Bertz CT molecular complexity index is 152. The van der Waals surface area contributed by atoms with Crippen molar-refractivity contribution in [3.05, 3.63) is 12.2 Å². The molecule has 0 aromatic carbocycles. The Morgan fingerprint density at radius 2 is 1.67 bits per heavy atom. The molecule has 70 valence electrons. The maximum Gasteiger partial charge on any atom is 0.117 e. The number of hydrogen-bond donors (Lipinski definition) is 0. The molecule has 1 fully saturated rings. The van der Waals surface area contributed by atoms with Gasteiger partial charge in [0.2, 0.25) is 0 Å². The van der Waals surface area contributed by atoms with Gasteiger partial charge in [0.25, 0.3) is 0 Å². The molecule has 0 spiro atoms. The summed E-state index contributed by atoms with van der Waals surface area (Å²) in [6, 6.07) is 0. The van der Waals surface area contributed by atoms with Gasteiger partial charge in [0.05, 0.1) is 12.5 Å². The molecule has 1 heteroatoms. The highest BCUT2D eigenvalue weighted by atomic mass is 32.2. The van der Waals surface area contributed by atoms with Crippen LogP contribution in [0.25, 0.3) is 0 Å². The zero-order valence-corrected chi connectivity index (χ0v) is 9.41. The summed E-state index contributed by atoms with van der Waals surface area (Å²) in [5.74, 6) is 0.838. The van der Waals surface area contributed by atoms with Crippen LogP contribution in [0.15, 0.2) is 12.2 Å². The summed E-state index contributed by atoms with van der Waals surface area (Å²) in [5, 5.41) is 1.01. The van der Waals surface area contributed by atoms with E-state index in [1.54, 1.807) is 0 Å². The summed E-state index contributed by atoms with van der Waals surface area (Å²) in [7, 11) is 0.640. The van der Waals surface area contributed by atoms with Gasteiger partial charge in [-0.25, -0.2) is 0 Å². The normalized spacial score (nSPS) is 30.7. The zero-order chi connectivity index (χ0) is 9.14. The fraction of sp³-hybridized carbons (Fsp3) is 0.818. The summed E-state index contributed by atoms with van der Waals surface area (Å²) >= 11 is 0. The first-order chi connectivity index (χ1) is 5.61. The van der Waals surface area contributed by atoms with E-state index in [0.29, 0.717) is 10.9 Å². The Hall–Kier alpha value is 0.0900. The van der Waals surface area contributed by atoms with Crippen molar-refractivity contribution in [1.29, 1.82) is 0 Å². The lowest BCUT2D eigenvalue weighted by Gasteiger charge is -2.26. The standard InChI is InChI=1S/C11H21S/c1-9(2)10-5-7-11(8-6-10)12(3)4/h10-11H,1,5-8H2,2-4H3/q+1. The Morgan fingerprint density at radius 1 is 1.17 bits per heavy atom. The van der Waals surface area contributed by atoms with Gasteiger partial charge in [-0.05, 0) is 49.4 Å². The molecule has 0 saturated heterocycles. The van der Waals surface area contributed by atoms with Crippen molar-refractivity contribution in [2.75, 3.05) is 12.5 Å². The fourth-order valence-electron chi connectivity index (χ4n) is 2.03. The maximum atomic E-state index is 4.05. The first-order valence-corrected chi connectivity index (χ1v) is 6.93. The molecule has 1 aliphatic rings. The lowest BCUT2D eigenvalue weighted by molar-refractivity contribution is 0.411. The number of rotatable bonds is 2. The second-order valence-corrected chi connectivity index (χ2v) is 6.63.